The van der Waals surface area contributed by atoms with E-state index in [0.717, 1.165) is 18.4 Å². The summed E-state index contributed by atoms with van der Waals surface area (Å²) >= 11 is 0. The quantitative estimate of drug-likeness (QED) is 0.397. The van der Waals surface area contributed by atoms with E-state index in [4.69, 9.17) is 4.74 Å². The van der Waals surface area contributed by atoms with Gasteiger partial charge in [0.2, 0.25) is 0 Å². The van der Waals surface area contributed by atoms with Crippen LogP contribution in [0.25, 0.3) is 0 Å². The van der Waals surface area contributed by atoms with Gasteiger partial charge in [0, 0.05) is 11.3 Å². The molecule has 0 heterocycles. The van der Waals surface area contributed by atoms with Crippen molar-refractivity contribution in [1.29, 1.82) is 5.26 Å². The van der Waals surface area contributed by atoms with Gasteiger partial charge in [0.05, 0.1) is 23.5 Å². The Morgan fingerprint density at radius 1 is 1.05 bits per heavy atom. The van der Waals surface area contributed by atoms with Crippen molar-refractivity contribution in [3.05, 3.63) is 23.3 Å². The summed E-state index contributed by atoms with van der Waals surface area (Å²) in [6, 6.07) is 1.88. The van der Waals surface area contributed by atoms with Crippen LogP contribution in [0.5, 0.6) is 0 Å². The second kappa shape index (κ2) is 8.32. The van der Waals surface area contributed by atoms with Gasteiger partial charge in [0.15, 0.2) is 11.6 Å². The first kappa shape index (κ1) is 27.2. The fourth-order valence-corrected chi connectivity index (χ4v) is 9.84. The number of hydrogen-bond donors (Lipinski definition) is 0. The normalized spacial score (nSPS) is 45.5. The molecule has 0 amide bonds. The van der Waals surface area contributed by atoms with Gasteiger partial charge in [0.1, 0.15) is 6.07 Å². The minimum Gasteiger partial charge on any atom is -0.469 e. The van der Waals surface area contributed by atoms with Crippen LogP contribution in [0.4, 0.5) is 8.78 Å². The van der Waals surface area contributed by atoms with Crippen LogP contribution in [0.3, 0.4) is 0 Å². The average molecular weight is 528 g/mol. The molecule has 0 aromatic carbocycles. The number of halogens is 2. The Hall–Kier alpha value is -2.36. The highest BCUT2D eigenvalue weighted by molar-refractivity contribution is 6.05. The lowest BCUT2D eigenvalue weighted by Crippen LogP contribution is -2.62. The molecule has 0 bridgehead atoms. The summed E-state index contributed by atoms with van der Waals surface area (Å²) in [6.07, 6.45) is 4.97. The van der Waals surface area contributed by atoms with Gasteiger partial charge >= 0.3 is 5.97 Å². The third kappa shape index (κ3) is 3.27. The van der Waals surface area contributed by atoms with Gasteiger partial charge in [-0.05, 0) is 86.5 Å². The van der Waals surface area contributed by atoms with Gasteiger partial charge in [-0.3, -0.25) is 14.4 Å². The third-order valence-corrected chi connectivity index (χ3v) is 11.9. The molecule has 0 saturated heterocycles. The minimum atomic E-state index is -2.92. The van der Waals surface area contributed by atoms with Gasteiger partial charge in [-0.15, -0.1) is 0 Å². The lowest BCUT2D eigenvalue weighted by molar-refractivity contribution is -0.178. The van der Waals surface area contributed by atoms with Crippen molar-refractivity contribution in [3.63, 3.8) is 0 Å². The number of carbonyl (C=O) groups is 3. The molecule has 3 fully saturated rings. The molecule has 5 rings (SSSR count). The first-order valence-electron chi connectivity index (χ1n) is 13.9. The standard InChI is InChI=1S/C31H39F2NO4/c1-27(2)11-12-31(26(37)38-6)10-7-18-23(19(31)15-27)20(35)13-22-28(18,3)9-8-21-29(22,4)14-17(16-34)24(36)30(21,5)25(32)33/h13-14,18-19,21,23,25H,7-12,15H2,1-6H3/t18?,19?,21?,23?,28-,29-,30-,31+/m0/s1. The predicted molar refractivity (Wildman–Crippen MR) is 137 cm³/mol. The molecule has 0 aromatic heterocycles. The smallest absolute Gasteiger partial charge is 0.312 e. The monoisotopic (exact) mass is 527 g/mol. The van der Waals surface area contributed by atoms with Gasteiger partial charge in [-0.2, -0.15) is 5.26 Å². The zero-order chi connectivity index (χ0) is 28.1. The number of fused-ring (bicyclic) bond motifs is 7. The van der Waals surface area contributed by atoms with Crippen molar-refractivity contribution in [2.45, 2.75) is 86.0 Å². The summed E-state index contributed by atoms with van der Waals surface area (Å²) in [7, 11) is 1.42. The van der Waals surface area contributed by atoms with E-state index >= 15 is 0 Å². The molecule has 5 aliphatic rings. The summed E-state index contributed by atoms with van der Waals surface area (Å²) < 4.78 is 34.5. The molecule has 7 heteroatoms. The van der Waals surface area contributed by atoms with Crippen LogP contribution in [0.2, 0.25) is 0 Å². The van der Waals surface area contributed by atoms with Crippen LogP contribution in [0, 0.1) is 62.1 Å². The number of allylic oxidation sites excluding steroid dienone is 4. The Balaban J connectivity index is 1.67. The Morgan fingerprint density at radius 2 is 1.74 bits per heavy atom. The molecule has 5 aliphatic carbocycles. The summed E-state index contributed by atoms with van der Waals surface area (Å²) in [5.74, 6) is -2.32. The largest absolute Gasteiger partial charge is 0.469 e. The Morgan fingerprint density at radius 3 is 2.34 bits per heavy atom. The van der Waals surface area contributed by atoms with Gasteiger partial charge < -0.3 is 4.74 Å². The van der Waals surface area contributed by atoms with Gasteiger partial charge in [-0.1, -0.05) is 39.3 Å². The number of carbonyl (C=O) groups excluding carboxylic acids is 3. The maximum absolute atomic E-state index is 14.6. The second-order valence-electron chi connectivity index (χ2n) is 14.1. The molecule has 0 radical (unpaired) electrons. The first-order valence-corrected chi connectivity index (χ1v) is 13.9. The van der Waals surface area contributed by atoms with Crippen molar-refractivity contribution in [2.24, 2.45) is 50.7 Å². The van der Waals surface area contributed by atoms with E-state index in [2.05, 4.69) is 20.8 Å². The maximum atomic E-state index is 14.6. The first-order chi connectivity index (χ1) is 17.6. The summed E-state index contributed by atoms with van der Waals surface area (Å²) in [4.78, 5) is 40.5. The molecule has 0 aromatic rings. The highest BCUT2D eigenvalue weighted by Gasteiger charge is 2.68. The molecule has 38 heavy (non-hydrogen) atoms. The lowest BCUT2D eigenvalue weighted by atomic mass is 9.38. The highest BCUT2D eigenvalue weighted by Crippen LogP contribution is 2.71. The Bertz CT molecular complexity index is 1210. The van der Waals surface area contributed by atoms with Crippen LogP contribution < -0.4 is 0 Å². The number of esters is 1. The molecular weight excluding hydrogens is 488 g/mol. The van der Waals surface area contributed by atoms with E-state index in [1.54, 1.807) is 12.2 Å². The number of hydrogen-bond acceptors (Lipinski definition) is 5. The minimum absolute atomic E-state index is 0.00780. The SMILES string of the molecule is COC(=O)[C@@]12CCC3C(C(=O)C=C4[C@@]5(C)C=C(C#N)C(=O)[C@@](C)(C(F)F)C5CC[C@]43C)C1CC(C)(C)CC2. The average Bonchev–Trinajstić information content (AvgIpc) is 2.86. The highest BCUT2D eigenvalue weighted by atomic mass is 19.3. The molecular formula is C31H39F2NO4. The van der Waals surface area contributed by atoms with E-state index in [-0.39, 0.29) is 40.5 Å². The second-order valence-corrected chi connectivity index (χ2v) is 14.1. The number of ketones is 2. The van der Waals surface area contributed by atoms with E-state index in [1.165, 1.54) is 14.0 Å². The van der Waals surface area contributed by atoms with Crippen LogP contribution in [0.15, 0.2) is 23.3 Å². The molecule has 0 N–H and O–H groups in total. The summed E-state index contributed by atoms with van der Waals surface area (Å²) in [5.41, 5.74) is -3.62. The summed E-state index contributed by atoms with van der Waals surface area (Å²) in [6.45, 7) is 9.65. The van der Waals surface area contributed by atoms with Crippen molar-refractivity contribution in [1.82, 2.24) is 0 Å². The molecule has 0 spiro atoms. The zero-order valence-corrected chi connectivity index (χ0v) is 23.3. The topological polar surface area (TPSA) is 84.2 Å². The Kier molecular flexibility index (Phi) is 5.96. The van der Waals surface area contributed by atoms with Crippen molar-refractivity contribution >= 4 is 17.5 Å². The van der Waals surface area contributed by atoms with Crippen LogP contribution >= 0.6 is 0 Å². The van der Waals surface area contributed by atoms with Crippen molar-refractivity contribution in [3.8, 4) is 6.07 Å². The van der Waals surface area contributed by atoms with Crippen LogP contribution in [-0.4, -0.2) is 31.1 Å². The molecule has 8 atom stereocenters. The zero-order valence-electron chi connectivity index (χ0n) is 23.3. The fraction of sp³-hybridized carbons (Fsp3) is 0.742. The van der Waals surface area contributed by atoms with Crippen molar-refractivity contribution < 1.29 is 27.9 Å². The number of methoxy groups -OCH3 is 1. The third-order valence-electron chi connectivity index (χ3n) is 11.9. The molecule has 3 saturated carbocycles. The van der Waals surface area contributed by atoms with Crippen molar-refractivity contribution in [2.75, 3.05) is 7.11 Å². The summed E-state index contributed by atoms with van der Waals surface area (Å²) in [5, 5.41) is 9.75. The van der Waals surface area contributed by atoms with E-state index < -0.39 is 39.8 Å². The number of ether oxygens (including phenoxy) is 1. The van der Waals surface area contributed by atoms with Gasteiger partial charge in [-0.25, -0.2) is 8.78 Å². The van der Waals surface area contributed by atoms with E-state index in [0.29, 0.717) is 32.1 Å². The van der Waals surface area contributed by atoms with E-state index in [9.17, 15) is 28.4 Å². The number of nitrogens with zero attached hydrogens (tertiary/aromatic N) is 1. The molecule has 4 unspecified atom stereocenters. The number of alkyl halides is 2. The number of rotatable bonds is 2. The van der Waals surface area contributed by atoms with Crippen LogP contribution in [-0.2, 0) is 19.1 Å². The fourth-order valence-electron chi connectivity index (χ4n) is 9.84. The molecule has 5 nitrogen and oxygen atoms in total. The number of Topliss-reactive ketones (excluding diaryl/α,β-unsaturated/α-hetero) is 1. The number of nitriles is 1. The van der Waals surface area contributed by atoms with Gasteiger partial charge in [0.25, 0.3) is 6.43 Å². The lowest BCUT2D eigenvalue weighted by Gasteiger charge is -2.64. The van der Waals surface area contributed by atoms with E-state index in [1.807, 2.05) is 13.0 Å². The molecule has 206 valence electrons. The predicted octanol–water partition coefficient (Wildman–Crippen LogP) is 6.23. The van der Waals surface area contributed by atoms with Crippen LogP contribution in [0.1, 0.15) is 79.6 Å². The Labute approximate surface area is 224 Å². The maximum Gasteiger partial charge on any atom is 0.312 e. The molecule has 0 aliphatic heterocycles.